The molecule has 0 atom stereocenters. The number of hydrogen-bond donors (Lipinski definition) is 1. The lowest BCUT2D eigenvalue weighted by molar-refractivity contribution is 0.477. The van der Waals surface area contributed by atoms with Gasteiger partial charge in [0.25, 0.3) is 0 Å². The van der Waals surface area contributed by atoms with Gasteiger partial charge in [-0.25, -0.2) is 0 Å². The van der Waals surface area contributed by atoms with E-state index in [-0.39, 0.29) is 5.75 Å². The van der Waals surface area contributed by atoms with Crippen LogP contribution in [0.5, 0.6) is 5.75 Å². The molecule has 2 aromatic carbocycles. The van der Waals surface area contributed by atoms with Crippen LogP contribution in [0.2, 0.25) is 5.02 Å². The van der Waals surface area contributed by atoms with Crippen molar-refractivity contribution in [2.24, 2.45) is 4.99 Å². The van der Waals surface area contributed by atoms with Gasteiger partial charge in [-0.05, 0) is 49.1 Å². The van der Waals surface area contributed by atoms with Crippen LogP contribution in [0.25, 0.3) is 0 Å². The Morgan fingerprint density at radius 1 is 1.00 bits per heavy atom. The van der Waals surface area contributed by atoms with Crippen LogP contribution in [0.3, 0.4) is 0 Å². The van der Waals surface area contributed by atoms with E-state index in [1.165, 1.54) is 31.0 Å². The molecule has 0 bridgehead atoms. The highest BCUT2D eigenvalue weighted by molar-refractivity contribution is 6.30. The summed E-state index contributed by atoms with van der Waals surface area (Å²) in [6.45, 7) is 2.29. The van der Waals surface area contributed by atoms with E-state index in [2.05, 4.69) is 34.2 Å². The number of nitrogens with zero attached hydrogens (tertiary/aromatic N) is 2. The number of rotatable bonds is 3. The first-order chi connectivity index (χ1) is 10.7. The van der Waals surface area contributed by atoms with Gasteiger partial charge in [0, 0.05) is 36.1 Å². The fraction of sp³-hybridized carbons (Fsp3) is 0.278. The van der Waals surface area contributed by atoms with Crippen molar-refractivity contribution in [3.05, 3.63) is 53.1 Å². The molecule has 2 aromatic rings. The van der Waals surface area contributed by atoms with Crippen molar-refractivity contribution in [1.82, 2.24) is 0 Å². The maximum Gasteiger partial charge on any atom is 0.142 e. The zero-order valence-electron chi connectivity index (χ0n) is 12.4. The number of piperidine rings is 1. The standard InChI is InChI=1S/C18H19ClN2O/c19-15-6-9-17(18(22)12-15)20-13-14-4-7-16(8-5-14)21-10-2-1-3-11-21/h4-9,12-13,22H,1-3,10-11H2. The van der Waals surface area contributed by atoms with E-state index in [1.807, 2.05) is 0 Å². The number of anilines is 1. The Labute approximate surface area is 135 Å². The number of aliphatic imine (C=N–C) groups is 1. The number of hydrogen-bond acceptors (Lipinski definition) is 3. The van der Waals surface area contributed by atoms with Crippen LogP contribution in [0, 0.1) is 0 Å². The molecule has 1 fully saturated rings. The fourth-order valence-electron chi connectivity index (χ4n) is 2.67. The largest absolute Gasteiger partial charge is 0.506 e. The Morgan fingerprint density at radius 3 is 2.41 bits per heavy atom. The quantitative estimate of drug-likeness (QED) is 0.827. The second-order valence-electron chi connectivity index (χ2n) is 5.53. The van der Waals surface area contributed by atoms with Gasteiger partial charge in [0.15, 0.2) is 0 Å². The summed E-state index contributed by atoms with van der Waals surface area (Å²) >= 11 is 5.81. The molecule has 4 heteroatoms. The lowest BCUT2D eigenvalue weighted by atomic mass is 10.1. The Kier molecular flexibility index (Phi) is 4.64. The molecular weight excluding hydrogens is 296 g/mol. The second-order valence-corrected chi connectivity index (χ2v) is 5.97. The fourth-order valence-corrected chi connectivity index (χ4v) is 2.84. The highest BCUT2D eigenvalue weighted by Crippen LogP contribution is 2.29. The summed E-state index contributed by atoms with van der Waals surface area (Å²) in [6.07, 6.45) is 5.65. The molecule has 0 radical (unpaired) electrons. The van der Waals surface area contributed by atoms with Crippen LogP contribution in [0.1, 0.15) is 24.8 Å². The molecule has 3 rings (SSSR count). The van der Waals surface area contributed by atoms with Crippen molar-refractivity contribution in [2.45, 2.75) is 19.3 Å². The molecule has 22 heavy (non-hydrogen) atoms. The normalized spacial score (nSPS) is 15.4. The minimum atomic E-state index is 0.0914. The van der Waals surface area contributed by atoms with Crippen LogP contribution < -0.4 is 4.90 Å². The average molecular weight is 315 g/mol. The molecule has 114 valence electrons. The van der Waals surface area contributed by atoms with E-state index in [1.54, 1.807) is 18.3 Å². The molecule has 1 saturated heterocycles. The van der Waals surface area contributed by atoms with E-state index in [0.717, 1.165) is 18.7 Å². The van der Waals surface area contributed by atoms with Crippen molar-refractivity contribution in [3.63, 3.8) is 0 Å². The van der Waals surface area contributed by atoms with Gasteiger partial charge in [0.1, 0.15) is 11.4 Å². The van der Waals surface area contributed by atoms with Gasteiger partial charge in [-0.2, -0.15) is 0 Å². The number of phenols is 1. The zero-order valence-corrected chi connectivity index (χ0v) is 13.1. The third-order valence-electron chi connectivity index (χ3n) is 3.90. The summed E-state index contributed by atoms with van der Waals surface area (Å²) in [6, 6.07) is 13.3. The topological polar surface area (TPSA) is 35.8 Å². The van der Waals surface area contributed by atoms with E-state index in [0.29, 0.717) is 10.7 Å². The molecule has 1 aliphatic rings. The minimum absolute atomic E-state index is 0.0914. The summed E-state index contributed by atoms with van der Waals surface area (Å²) in [4.78, 5) is 6.74. The molecule has 0 aliphatic carbocycles. The van der Waals surface area contributed by atoms with E-state index < -0.39 is 0 Å². The van der Waals surface area contributed by atoms with Crippen LogP contribution in [0.15, 0.2) is 47.5 Å². The molecule has 3 nitrogen and oxygen atoms in total. The van der Waals surface area contributed by atoms with Gasteiger partial charge in [0.05, 0.1) is 0 Å². The van der Waals surface area contributed by atoms with Gasteiger partial charge in [-0.15, -0.1) is 0 Å². The van der Waals surface area contributed by atoms with Crippen molar-refractivity contribution >= 4 is 29.2 Å². The second kappa shape index (κ2) is 6.84. The molecule has 0 aromatic heterocycles. The molecule has 0 spiro atoms. The molecule has 0 saturated carbocycles. The summed E-state index contributed by atoms with van der Waals surface area (Å²) in [7, 11) is 0. The Balaban J connectivity index is 1.71. The minimum Gasteiger partial charge on any atom is -0.506 e. The lowest BCUT2D eigenvalue weighted by Gasteiger charge is -2.28. The average Bonchev–Trinajstić information content (AvgIpc) is 2.55. The van der Waals surface area contributed by atoms with Crippen molar-refractivity contribution in [3.8, 4) is 5.75 Å². The monoisotopic (exact) mass is 314 g/mol. The first-order valence-electron chi connectivity index (χ1n) is 7.60. The first-order valence-corrected chi connectivity index (χ1v) is 7.98. The van der Waals surface area contributed by atoms with Gasteiger partial charge in [-0.3, -0.25) is 4.99 Å². The number of halogens is 1. The van der Waals surface area contributed by atoms with Gasteiger partial charge >= 0.3 is 0 Å². The summed E-state index contributed by atoms with van der Waals surface area (Å²) in [5.74, 6) is 0.0914. The maximum atomic E-state index is 9.78. The van der Waals surface area contributed by atoms with E-state index in [4.69, 9.17) is 11.6 Å². The predicted molar refractivity (Wildman–Crippen MR) is 92.9 cm³/mol. The van der Waals surface area contributed by atoms with Gasteiger partial charge < -0.3 is 10.0 Å². The van der Waals surface area contributed by atoms with Gasteiger partial charge in [-0.1, -0.05) is 23.7 Å². The highest BCUT2D eigenvalue weighted by Gasteiger charge is 2.10. The van der Waals surface area contributed by atoms with Crippen LogP contribution >= 0.6 is 11.6 Å². The molecule has 0 amide bonds. The van der Waals surface area contributed by atoms with E-state index >= 15 is 0 Å². The zero-order chi connectivity index (χ0) is 15.4. The van der Waals surface area contributed by atoms with E-state index in [9.17, 15) is 5.11 Å². The number of aromatic hydroxyl groups is 1. The number of phenolic OH excluding ortho intramolecular Hbond substituents is 1. The van der Waals surface area contributed by atoms with Crippen LogP contribution in [-0.2, 0) is 0 Å². The summed E-state index contributed by atoms with van der Waals surface area (Å²) in [5.41, 5.74) is 2.80. The summed E-state index contributed by atoms with van der Waals surface area (Å²) in [5, 5.41) is 10.3. The smallest absolute Gasteiger partial charge is 0.142 e. The lowest BCUT2D eigenvalue weighted by Crippen LogP contribution is -2.29. The molecule has 1 N–H and O–H groups in total. The van der Waals surface area contributed by atoms with Crippen molar-refractivity contribution in [2.75, 3.05) is 18.0 Å². The third-order valence-corrected chi connectivity index (χ3v) is 4.14. The Morgan fingerprint density at radius 2 is 1.73 bits per heavy atom. The molecule has 1 aliphatic heterocycles. The maximum absolute atomic E-state index is 9.78. The summed E-state index contributed by atoms with van der Waals surface area (Å²) < 4.78 is 0. The SMILES string of the molecule is Oc1cc(Cl)ccc1N=Cc1ccc(N2CCCCC2)cc1. The van der Waals surface area contributed by atoms with Crippen molar-refractivity contribution < 1.29 is 5.11 Å². The first kappa shape index (κ1) is 14.9. The van der Waals surface area contributed by atoms with Crippen LogP contribution in [-0.4, -0.2) is 24.4 Å². The van der Waals surface area contributed by atoms with Crippen molar-refractivity contribution in [1.29, 1.82) is 0 Å². The van der Waals surface area contributed by atoms with Crippen LogP contribution in [0.4, 0.5) is 11.4 Å². The number of benzene rings is 2. The molecule has 1 heterocycles. The highest BCUT2D eigenvalue weighted by atomic mass is 35.5. The molecular formula is C18H19ClN2O. The predicted octanol–water partition coefficient (Wildman–Crippen LogP) is 4.79. The molecule has 0 unspecified atom stereocenters. The Hall–Kier alpha value is -2.00. The third kappa shape index (κ3) is 3.60. The van der Waals surface area contributed by atoms with Gasteiger partial charge in [0.2, 0.25) is 0 Å². The Bertz CT molecular complexity index is 661.